The molecule has 0 saturated carbocycles. The molecule has 1 heterocycles. The number of aliphatic hydroxyl groups excluding tert-OH is 1. The fourth-order valence-electron chi connectivity index (χ4n) is 2.48. The first-order valence-corrected chi connectivity index (χ1v) is 6.61. The van der Waals surface area contributed by atoms with Crippen LogP contribution in [0.4, 0.5) is 0 Å². The summed E-state index contributed by atoms with van der Waals surface area (Å²) in [4.78, 5) is 16.0. The van der Waals surface area contributed by atoms with Gasteiger partial charge in [-0.15, -0.1) is 18.8 Å². The molecule has 1 rings (SSSR count). The molecule has 104 valence electrons. The van der Waals surface area contributed by atoms with Gasteiger partial charge in [-0.3, -0.25) is 9.69 Å². The van der Waals surface area contributed by atoms with Crippen LogP contribution in [-0.4, -0.2) is 59.1 Å². The van der Waals surface area contributed by atoms with Gasteiger partial charge in [-0.05, 0) is 26.8 Å². The van der Waals surface area contributed by atoms with Crippen LogP contribution >= 0.6 is 0 Å². The number of likely N-dealkylation sites (tertiary alicyclic amines) is 1. The Labute approximate surface area is 115 Å². The second-order valence-electron chi connectivity index (χ2n) is 4.99. The maximum atomic E-state index is 12.5. The molecule has 19 heavy (non-hydrogen) atoms. The van der Waals surface area contributed by atoms with Crippen molar-refractivity contribution in [2.75, 3.05) is 20.1 Å². The molecule has 0 radical (unpaired) electrons. The van der Waals surface area contributed by atoms with Crippen molar-refractivity contribution in [3.05, 3.63) is 0 Å². The van der Waals surface area contributed by atoms with E-state index >= 15 is 0 Å². The molecule has 0 aromatic rings. The van der Waals surface area contributed by atoms with Crippen LogP contribution in [0.1, 0.15) is 26.2 Å². The van der Waals surface area contributed by atoms with Crippen molar-refractivity contribution in [2.45, 2.75) is 44.4 Å². The van der Waals surface area contributed by atoms with Crippen molar-refractivity contribution in [2.24, 2.45) is 0 Å². The van der Waals surface area contributed by atoms with E-state index in [0.29, 0.717) is 19.5 Å². The van der Waals surface area contributed by atoms with E-state index in [9.17, 15) is 9.90 Å². The lowest BCUT2D eigenvalue weighted by molar-refractivity contribution is -0.137. The third-order valence-electron chi connectivity index (χ3n) is 3.58. The van der Waals surface area contributed by atoms with E-state index in [0.717, 1.165) is 12.8 Å². The van der Waals surface area contributed by atoms with E-state index in [2.05, 4.69) is 11.8 Å². The van der Waals surface area contributed by atoms with Crippen LogP contribution in [0.15, 0.2) is 0 Å². The molecule has 1 aliphatic heterocycles. The third-order valence-corrected chi connectivity index (χ3v) is 3.58. The summed E-state index contributed by atoms with van der Waals surface area (Å²) in [6, 6.07) is -0.725. The largest absolute Gasteiger partial charge is 0.391 e. The first-order chi connectivity index (χ1) is 9.02. The number of rotatable bonds is 5. The quantitative estimate of drug-likeness (QED) is 0.726. The van der Waals surface area contributed by atoms with Crippen molar-refractivity contribution >= 4 is 5.91 Å². The maximum absolute atomic E-state index is 12.5. The molecule has 3 atom stereocenters. The van der Waals surface area contributed by atoms with Crippen molar-refractivity contribution in [1.29, 1.82) is 0 Å². The number of carbonyl (C=O) groups is 1. The minimum atomic E-state index is -0.604. The molecule has 1 amide bonds. The van der Waals surface area contributed by atoms with E-state index in [-0.39, 0.29) is 11.9 Å². The van der Waals surface area contributed by atoms with Gasteiger partial charge >= 0.3 is 0 Å². The highest BCUT2D eigenvalue weighted by Gasteiger charge is 2.35. The topological polar surface area (TPSA) is 43.8 Å². The Morgan fingerprint density at radius 2 is 2.26 bits per heavy atom. The Balaban J connectivity index is 2.74. The smallest absolute Gasteiger partial charge is 0.252 e. The Kier molecular flexibility index (Phi) is 5.89. The van der Waals surface area contributed by atoms with Crippen molar-refractivity contribution < 1.29 is 9.90 Å². The minimum absolute atomic E-state index is 0.106. The average molecular weight is 262 g/mol. The molecule has 1 N–H and O–H groups in total. The molecular formula is C15H22N2O2. The van der Waals surface area contributed by atoms with Crippen molar-refractivity contribution in [3.63, 3.8) is 0 Å². The first-order valence-electron chi connectivity index (χ1n) is 6.61. The van der Waals surface area contributed by atoms with Gasteiger partial charge < -0.3 is 10.0 Å². The van der Waals surface area contributed by atoms with E-state index in [4.69, 9.17) is 12.8 Å². The Morgan fingerprint density at radius 1 is 1.58 bits per heavy atom. The predicted octanol–water partition coefficient (Wildman–Crippen LogP) is 0.315. The predicted molar refractivity (Wildman–Crippen MR) is 75.1 cm³/mol. The Morgan fingerprint density at radius 3 is 2.79 bits per heavy atom. The highest BCUT2D eigenvalue weighted by Crippen LogP contribution is 2.21. The lowest BCUT2D eigenvalue weighted by atomic mass is 10.1. The van der Waals surface area contributed by atoms with Crippen LogP contribution in [0.3, 0.4) is 0 Å². The molecule has 1 aliphatic rings. The summed E-state index contributed by atoms with van der Waals surface area (Å²) in [7, 11) is 1.80. The SMILES string of the molecule is C#CCCN(C)C(C#C)C(=O)N1CCCC1C(C)O. The number of carbonyl (C=O) groups excluding carboxylic acids is 1. The van der Waals surface area contributed by atoms with E-state index in [1.807, 2.05) is 0 Å². The van der Waals surface area contributed by atoms with Crippen LogP contribution in [0, 0.1) is 24.7 Å². The highest BCUT2D eigenvalue weighted by molar-refractivity contribution is 5.85. The zero-order valence-corrected chi connectivity index (χ0v) is 11.7. The summed E-state index contributed by atoms with van der Waals surface area (Å²) in [5, 5.41) is 9.72. The van der Waals surface area contributed by atoms with Crippen molar-refractivity contribution in [1.82, 2.24) is 9.80 Å². The number of terminal acetylenes is 2. The third kappa shape index (κ3) is 3.73. The number of hydrogen-bond donors (Lipinski definition) is 1. The molecule has 0 aromatic carbocycles. The molecule has 1 saturated heterocycles. The van der Waals surface area contributed by atoms with Gasteiger partial charge in [0.1, 0.15) is 0 Å². The molecule has 0 spiro atoms. The van der Waals surface area contributed by atoms with Gasteiger partial charge in [0.05, 0.1) is 12.1 Å². The molecule has 1 fully saturated rings. The molecule has 0 aliphatic carbocycles. The summed E-state index contributed by atoms with van der Waals surface area (Å²) >= 11 is 0. The zero-order chi connectivity index (χ0) is 14.4. The van der Waals surface area contributed by atoms with Crippen LogP contribution in [0.25, 0.3) is 0 Å². The van der Waals surface area contributed by atoms with Crippen LogP contribution in [-0.2, 0) is 4.79 Å². The number of nitrogens with zero attached hydrogens (tertiary/aromatic N) is 2. The van der Waals surface area contributed by atoms with Gasteiger partial charge in [-0.2, -0.15) is 0 Å². The molecular weight excluding hydrogens is 240 g/mol. The molecule has 4 heteroatoms. The summed E-state index contributed by atoms with van der Waals surface area (Å²) in [5.74, 6) is 4.96. The second-order valence-corrected chi connectivity index (χ2v) is 4.99. The van der Waals surface area contributed by atoms with E-state index in [1.54, 1.807) is 23.8 Å². The van der Waals surface area contributed by atoms with Crippen LogP contribution in [0.2, 0.25) is 0 Å². The molecule has 0 bridgehead atoms. The fraction of sp³-hybridized carbons (Fsp3) is 0.667. The Bertz CT molecular complexity index is 392. The first kappa shape index (κ1) is 15.6. The number of aliphatic hydroxyl groups is 1. The van der Waals surface area contributed by atoms with Crippen LogP contribution in [0.5, 0.6) is 0 Å². The summed E-state index contributed by atoms with van der Waals surface area (Å²) in [6.45, 7) is 2.96. The summed E-state index contributed by atoms with van der Waals surface area (Å²) < 4.78 is 0. The Hall–Kier alpha value is -1.49. The van der Waals surface area contributed by atoms with Gasteiger partial charge in [-0.25, -0.2) is 0 Å². The number of likely N-dealkylation sites (N-methyl/N-ethyl adjacent to an activating group) is 1. The standard InChI is InChI=1S/C15H22N2O2/c1-5-7-10-16(4)13(6-2)15(19)17-11-8-9-14(17)12(3)18/h1-2,12-14,18H,7-11H2,3-4H3. The second kappa shape index (κ2) is 7.19. The summed E-state index contributed by atoms with van der Waals surface area (Å²) in [5.41, 5.74) is 0. The highest BCUT2D eigenvalue weighted by atomic mass is 16.3. The van der Waals surface area contributed by atoms with Crippen molar-refractivity contribution in [3.8, 4) is 24.7 Å². The van der Waals surface area contributed by atoms with Gasteiger partial charge in [0.2, 0.25) is 0 Å². The zero-order valence-electron chi connectivity index (χ0n) is 11.7. The van der Waals surface area contributed by atoms with Gasteiger partial charge in [-0.1, -0.05) is 5.92 Å². The number of amides is 1. The van der Waals surface area contributed by atoms with Gasteiger partial charge in [0, 0.05) is 19.5 Å². The summed E-state index contributed by atoms with van der Waals surface area (Å²) in [6.07, 6.45) is 12.5. The molecule has 3 unspecified atom stereocenters. The maximum Gasteiger partial charge on any atom is 0.252 e. The number of hydrogen-bond acceptors (Lipinski definition) is 3. The van der Waals surface area contributed by atoms with E-state index in [1.165, 1.54) is 0 Å². The average Bonchev–Trinajstić information content (AvgIpc) is 2.86. The lowest BCUT2D eigenvalue weighted by Gasteiger charge is -2.32. The molecule has 4 nitrogen and oxygen atoms in total. The monoisotopic (exact) mass is 262 g/mol. The molecule has 0 aromatic heterocycles. The minimum Gasteiger partial charge on any atom is -0.391 e. The van der Waals surface area contributed by atoms with E-state index < -0.39 is 12.1 Å². The normalized spacial score (nSPS) is 21.8. The van der Waals surface area contributed by atoms with Gasteiger partial charge in [0.15, 0.2) is 6.04 Å². The fourth-order valence-corrected chi connectivity index (χ4v) is 2.48. The van der Waals surface area contributed by atoms with Crippen LogP contribution < -0.4 is 0 Å². The lowest BCUT2D eigenvalue weighted by Crippen LogP contribution is -2.50. The van der Waals surface area contributed by atoms with Gasteiger partial charge in [0.25, 0.3) is 5.91 Å².